The first kappa shape index (κ1) is 22.5. The van der Waals surface area contributed by atoms with Crippen molar-refractivity contribution < 1.29 is 26.3 Å². The number of hydrogen-bond acceptors (Lipinski definition) is 1. The molecule has 35 heavy (non-hydrogen) atoms. The van der Waals surface area contributed by atoms with Crippen molar-refractivity contribution in [2.45, 2.75) is 12.4 Å². The molecule has 8 heteroatoms. The summed E-state index contributed by atoms with van der Waals surface area (Å²) in [5.41, 5.74) is -1.01. The van der Waals surface area contributed by atoms with Crippen LogP contribution in [0.5, 0.6) is 0 Å². The molecule has 0 fully saturated rings. The minimum Gasteiger partial charge on any atom is -0.309 e. The van der Waals surface area contributed by atoms with Crippen molar-refractivity contribution in [3.05, 3.63) is 102 Å². The summed E-state index contributed by atoms with van der Waals surface area (Å²) in [7, 11) is 0. The lowest BCUT2D eigenvalue weighted by Crippen LogP contribution is -2.11. The van der Waals surface area contributed by atoms with E-state index < -0.39 is 23.5 Å². The van der Waals surface area contributed by atoms with Gasteiger partial charge in [-0.25, -0.2) is 0 Å². The summed E-state index contributed by atoms with van der Waals surface area (Å²) >= 11 is 0. The highest BCUT2D eigenvalue weighted by Crippen LogP contribution is 2.41. The number of nitriles is 1. The van der Waals surface area contributed by atoms with Gasteiger partial charge >= 0.3 is 12.4 Å². The predicted octanol–water partition coefficient (Wildman–Crippen LogP) is 8.36. The molecule has 0 unspecified atom stereocenters. The van der Waals surface area contributed by atoms with Crippen LogP contribution in [0.3, 0.4) is 0 Å². The number of halogens is 6. The van der Waals surface area contributed by atoms with Gasteiger partial charge in [0.05, 0.1) is 39.5 Å². The first-order valence-corrected chi connectivity index (χ1v) is 10.4. The maximum Gasteiger partial charge on any atom is 0.416 e. The summed E-state index contributed by atoms with van der Waals surface area (Å²) in [6.07, 6.45) is -9.95. The van der Waals surface area contributed by atoms with Crippen molar-refractivity contribution in [2.75, 3.05) is 0 Å². The molecule has 5 rings (SSSR count). The van der Waals surface area contributed by atoms with E-state index in [4.69, 9.17) is 0 Å². The molecular formula is C27H14F6N2. The van der Waals surface area contributed by atoms with Gasteiger partial charge in [-0.2, -0.15) is 31.6 Å². The molecule has 174 valence electrons. The van der Waals surface area contributed by atoms with Crippen molar-refractivity contribution in [3.8, 4) is 22.9 Å². The summed E-state index contributed by atoms with van der Waals surface area (Å²) in [5.74, 6) is 0. The molecule has 1 aromatic heterocycles. The first-order valence-electron chi connectivity index (χ1n) is 10.4. The van der Waals surface area contributed by atoms with Gasteiger partial charge < -0.3 is 4.57 Å². The van der Waals surface area contributed by atoms with E-state index in [1.807, 2.05) is 42.5 Å². The van der Waals surface area contributed by atoms with Gasteiger partial charge in [0, 0.05) is 16.3 Å². The van der Waals surface area contributed by atoms with E-state index in [0.717, 1.165) is 10.8 Å². The van der Waals surface area contributed by atoms with Crippen molar-refractivity contribution in [2.24, 2.45) is 0 Å². The normalized spacial score (nSPS) is 12.3. The topological polar surface area (TPSA) is 28.7 Å². The third kappa shape index (κ3) is 3.89. The molecule has 0 saturated heterocycles. The number of nitrogens with zero attached hydrogens (tertiary/aromatic N) is 2. The second-order valence-corrected chi connectivity index (χ2v) is 8.01. The smallest absolute Gasteiger partial charge is 0.309 e. The average Bonchev–Trinajstić information content (AvgIpc) is 3.16. The SMILES string of the molecule is N#Cc1ccc(-c2cc(C(F)(F)F)cc(C(F)(F)F)c2)c(-n2c3ccccc3c3ccccc32)c1. The number of aromatic nitrogens is 1. The maximum absolute atomic E-state index is 13.5. The van der Waals surface area contributed by atoms with E-state index >= 15 is 0 Å². The van der Waals surface area contributed by atoms with Crippen LogP contribution in [0, 0.1) is 11.3 Å². The lowest BCUT2D eigenvalue weighted by atomic mass is 9.96. The molecule has 0 amide bonds. The van der Waals surface area contributed by atoms with Crippen LogP contribution in [0.1, 0.15) is 16.7 Å². The van der Waals surface area contributed by atoms with E-state index in [2.05, 4.69) is 0 Å². The maximum atomic E-state index is 13.5. The van der Waals surface area contributed by atoms with Crippen molar-refractivity contribution in [1.82, 2.24) is 4.57 Å². The van der Waals surface area contributed by atoms with Crippen LogP contribution in [-0.2, 0) is 12.4 Å². The quantitative estimate of drug-likeness (QED) is 0.233. The van der Waals surface area contributed by atoms with E-state index in [1.54, 1.807) is 16.7 Å². The Morgan fingerprint density at radius 2 is 1.14 bits per heavy atom. The van der Waals surface area contributed by atoms with Gasteiger partial charge in [-0.1, -0.05) is 42.5 Å². The first-order chi connectivity index (χ1) is 16.6. The Morgan fingerprint density at radius 1 is 0.629 bits per heavy atom. The standard InChI is InChI=1S/C27H14F6N2/c28-26(29,30)18-12-17(13-19(14-18)27(31,32)33)20-10-9-16(15-34)11-25(20)35-23-7-3-1-5-21(23)22-6-2-4-8-24(22)35/h1-14H. The molecule has 2 nitrogen and oxygen atoms in total. The number of rotatable bonds is 2. The molecule has 0 aliphatic rings. The van der Waals surface area contributed by atoms with E-state index in [9.17, 15) is 31.6 Å². The monoisotopic (exact) mass is 480 g/mol. The van der Waals surface area contributed by atoms with Gasteiger partial charge in [0.1, 0.15) is 0 Å². The molecule has 4 aromatic carbocycles. The molecule has 0 radical (unpaired) electrons. The molecule has 0 aliphatic carbocycles. The molecule has 0 aliphatic heterocycles. The Bertz CT molecular complexity index is 1550. The Hall–Kier alpha value is -4.25. The average molecular weight is 480 g/mol. The minimum atomic E-state index is -4.98. The fourth-order valence-electron chi connectivity index (χ4n) is 4.32. The molecule has 1 heterocycles. The van der Waals surface area contributed by atoms with E-state index in [0.29, 0.717) is 28.9 Å². The summed E-state index contributed by atoms with van der Waals surface area (Å²) in [4.78, 5) is 0. The van der Waals surface area contributed by atoms with Crippen molar-refractivity contribution in [3.63, 3.8) is 0 Å². The van der Waals surface area contributed by atoms with Crippen LogP contribution in [0.4, 0.5) is 26.3 Å². The van der Waals surface area contributed by atoms with Crippen molar-refractivity contribution >= 4 is 21.8 Å². The molecule has 0 bridgehead atoms. The fourth-order valence-corrected chi connectivity index (χ4v) is 4.32. The molecule has 0 spiro atoms. The lowest BCUT2D eigenvalue weighted by Gasteiger charge is -2.18. The second kappa shape index (κ2) is 7.91. The minimum absolute atomic E-state index is 0.104. The van der Waals surface area contributed by atoms with Crippen LogP contribution < -0.4 is 0 Å². The highest BCUT2D eigenvalue weighted by molar-refractivity contribution is 6.09. The largest absolute Gasteiger partial charge is 0.416 e. The van der Waals surface area contributed by atoms with Gasteiger partial charge in [-0.05, 0) is 48.0 Å². The molecule has 0 N–H and O–H groups in total. The zero-order valence-corrected chi connectivity index (χ0v) is 17.7. The van der Waals surface area contributed by atoms with E-state index in [-0.39, 0.29) is 22.8 Å². The van der Waals surface area contributed by atoms with Crippen LogP contribution in [0.2, 0.25) is 0 Å². The van der Waals surface area contributed by atoms with Crippen molar-refractivity contribution in [1.29, 1.82) is 5.26 Å². The van der Waals surface area contributed by atoms with Gasteiger partial charge in [-0.3, -0.25) is 0 Å². The van der Waals surface area contributed by atoms with Crippen LogP contribution in [0.25, 0.3) is 38.6 Å². The second-order valence-electron chi connectivity index (χ2n) is 8.01. The Balaban J connectivity index is 1.89. The molecule has 5 aromatic rings. The van der Waals surface area contributed by atoms with Gasteiger partial charge in [-0.15, -0.1) is 0 Å². The fraction of sp³-hybridized carbons (Fsp3) is 0.0741. The number of hydrogen-bond donors (Lipinski definition) is 0. The number of alkyl halides is 6. The number of fused-ring (bicyclic) bond motifs is 3. The van der Waals surface area contributed by atoms with Crippen LogP contribution in [0.15, 0.2) is 84.9 Å². The van der Waals surface area contributed by atoms with Gasteiger partial charge in [0.25, 0.3) is 0 Å². The van der Waals surface area contributed by atoms with E-state index in [1.165, 1.54) is 18.2 Å². The van der Waals surface area contributed by atoms with Crippen LogP contribution in [-0.4, -0.2) is 4.57 Å². The lowest BCUT2D eigenvalue weighted by molar-refractivity contribution is -0.143. The summed E-state index contributed by atoms with van der Waals surface area (Å²) < 4.78 is 83.0. The van der Waals surface area contributed by atoms with Gasteiger partial charge in [0.15, 0.2) is 0 Å². The summed E-state index contributed by atoms with van der Waals surface area (Å²) in [6.45, 7) is 0. The molecule has 0 atom stereocenters. The predicted molar refractivity (Wildman–Crippen MR) is 121 cm³/mol. The molecule has 0 saturated carbocycles. The summed E-state index contributed by atoms with van der Waals surface area (Å²) in [5, 5.41) is 11.2. The van der Waals surface area contributed by atoms with Crippen LogP contribution >= 0.6 is 0 Å². The Kier molecular flexibility index (Phi) is 5.09. The zero-order valence-electron chi connectivity index (χ0n) is 17.7. The number of para-hydroxylation sites is 2. The van der Waals surface area contributed by atoms with Gasteiger partial charge in [0.2, 0.25) is 0 Å². The Labute approximate surface area is 195 Å². The molecular weight excluding hydrogens is 466 g/mol. The number of benzene rings is 4. The third-order valence-corrected chi connectivity index (χ3v) is 5.85. The summed E-state index contributed by atoms with van der Waals surface area (Å²) in [6, 6.07) is 22.4. The highest BCUT2D eigenvalue weighted by Gasteiger charge is 2.37. The Morgan fingerprint density at radius 3 is 1.63 bits per heavy atom. The third-order valence-electron chi connectivity index (χ3n) is 5.85. The highest BCUT2D eigenvalue weighted by atomic mass is 19.4. The zero-order chi connectivity index (χ0) is 25.0.